The van der Waals surface area contributed by atoms with E-state index < -0.39 is 11.4 Å². The third kappa shape index (κ3) is 2.82. The van der Waals surface area contributed by atoms with Crippen LogP contribution in [0.3, 0.4) is 0 Å². The van der Waals surface area contributed by atoms with Crippen LogP contribution in [0, 0.1) is 23.7 Å². The Labute approximate surface area is 154 Å². The van der Waals surface area contributed by atoms with Gasteiger partial charge >= 0.3 is 0 Å². The highest BCUT2D eigenvalue weighted by atomic mass is 17.2. The number of hydrogen-bond acceptors (Lipinski definition) is 5. The van der Waals surface area contributed by atoms with Gasteiger partial charge in [0.25, 0.3) is 0 Å². The van der Waals surface area contributed by atoms with Crippen LogP contribution in [0.1, 0.15) is 39.0 Å². The predicted molar refractivity (Wildman–Crippen MR) is 92.8 cm³/mol. The standard InChI is InChI=1S/C20H29NO5/c1-19(3-2-18(22)21-4-6-23-7-5-21)13-24-20(26-25-19)16-9-14-8-15(11-16)12-17(20)10-14/h2-3,14-17H,4-13H2,1H3/b3-2+. The van der Waals surface area contributed by atoms with Crippen molar-refractivity contribution in [3.63, 3.8) is 0 Å². The summed E-state index contributed by atoms with van der Waals surface area (Å²) in [7, 11) is 0. The molecule has 1 spiro atoms. The molecule has 6 aliphatic rings. The topological polar surface area (TPSA) is 57.2 Å². The Hall–Kier alpha value is -0.950. The fraction of sp³-hybridized carbons (Fsp3) is 0.850. The van der Waals surface area contributed by atoms with Gasteiger partial charge in [0, 0.05) is 31.0 Å². The molecule has 144 valence electrons. The van der Waals surface area contributed by atoms with Crippen LogP contribution < -0.4 is 0 Å². The monoisotopic (exact) mass is 363 g/mol. The van der Waals surface area contributed by atoms with E-state index in [1.807, 2.05) is 6.92 Å². The quantitative estimate of drug-likeness (QED) is 0.557. The summed E-state index contributed by atoms with van der Waals surface area (Å²) in [6.07, 6.45) is 9.60. The molecule has 0 N–H and O–H groups in total. The lowest BCUT2D eigenvalue weighted by Gasteiger charge is -2.61. The van der Waals surface area contributed by atoms with Gasteiger partial charge in [0.1, 0.15) is 5.60 Å². The first-order chi connectivity index (χ1) is 12.6. The zero-order chi connectivity index (χ0) is 17.8. The summed E-state index contributed by atoms with van der Waals surface area (Å²) in [6.45, 7) is 4.84. The molecule has 0 aromatic carbocycles. The Balaban J connectivity index is 1.23. The van der Waals surface area contributed by atoms with E-state index in [4.69, 9.17) is 19.2 Å². The number of nitrogens with zero attached hydrogens (tertiary/aromatic N) is 1. The summed E-state index contributed by atoms with van der Waals surface area (Å²) in [5.74, 6) is 2.08. The molecule has 1 amide bonds. The fourth-order valence-electron chi connectivity index (χ4n) is 5.89. The molecular formula is C20H29NO5. The summed E-state index contributed by atoms with van der Waals surface area (Å²) in [5, 5.41) is 0. The van der Waals surface area contributed by atoms with Crippen LogP contribution in [0.2, 0.25) is 0 Å². The van der Waals surface area contributed by atoms with Crippen LogP contribution >= 0.6 is 0 Å². The van der Waals surface area contributed by atoms with Crippen LogP contribution in [0.15, 0.2) is 12.2 Å². The van der Waals surface area contributed by atoms with Gasteiger partial charge in [-0.2, -0.15) is 4.89 Å². The van der Waals surface area contributed by atoms with E-state index in [1.54, 1.807) is 17.1 Å². The van der Waals surface area contributed by atoms with Crippen LogP contribution in [-0.4, -0.2) is 55.1 Å². The Morgan fingerprint density at radius 1 is 1.00 bits per heavy atom. The molecule has 26 heavy (non-hydrogen) atoms. The summed E-state index contributed by atoms with van der Waals surface area (Å²) >= 11 is 0. The van der Waals surface area contributed by atoms with E-state index in [-0.39, 0.29) is 5.91 Å². The Kier molecular flexibility index (Phi) is 4.16. The number of hydrogen-bond donors (Lipinski definition) is 0. The highest BCUT2D eigenvalue weighted by Gasteiger charge is 2.62. The van der Waals surface area contributed by atoms with Crippen LogP contribution in [0.4, 0.5) is 0 Å². The van der Waals surface area contributed by atoms with E-state index in [2.05, 4.69) is 0 Å². The number of carbonyl (C=O) groups is 1. The van der Waals surface area contributed by atoms with Gasteiger partial charge in [-0.05, 0) is 56.9 Å². The van der Waals surface area contributed by atoms with Crippen molar-refractivity contribution >= 4 is 5.91 Å². The van der Waals surface area contributed by atoms with Crippen molar-refractivity contribution in [2.45, 2.75) is 50.4 Å². The van der Waals surface area contributed by atoms with E-state index in [9.17, 15) is 4.79 Å². The normalized spacial score (nSPS) is 47.8. The molecule has 2 saturated heterocycles. The Bertz CT molecular complexity index is 559. The van der Waals surface area contributed by atoms with Gasteiger partial charge in [-0.3, -0.25) is 4.79 Å². The minimum Gasteiger partial charge on any atom is -0.378 e. The summed E-state index contributed by atoms with van der Waals surface area (Å²) in [5.41, 5.74) is -0.720. The molecule has 4 aliphatic carbocycles. The third-order valence-corrected chi connectivity index (χ3v) is 7.12. The number of rotatable bonds is 2. The Morgan fingerprint density at radius 3 is 2.23 bits per heavy atom. The van der Waals surface area contributed by atoms with E-state index in [0.717, 1.165) is 11.8 Å². The maximum absolute atomic E-state index is 12.3. The van der Waals surface area contributed by atoms with Crippen molar-refractivity contribution in [1.29, 1.82) is 0 Å². The second-order valence-corrected chi connectivity index (χ2v) is 9.06. The fourth-order valence-corrected chi connectivity index (χ4v) is 5.89. The van der Waals surface area contributed by atoms with Crippen molar-refractivity contribution in [3.05, 3.63) is 12.2 Å². The maximum atomic E-state index is 12.3. The highest BCUT2D eigenvalue weighted by Crippen LogP contribution is 2.61. The van der Waals surface area contributed by atoms with Crippen molar-refractivity contribution in [2.24, 2.45) is 23.7 Å². The molecule has 1 unspecified atom stereocenters. The van der Waals surface area contributed by atoms with Crippen molar-refractivity contribution < 1.29 is 24.0 Å². The molecule has 4 bridgehead atoms. The lowest BCUT2D eigenvalue weighted by Crippen LogP contribution is -2.64. The number of carbonyl (C=O) groups excluding carboxylic acids is 1. The van der Waals surface area contributed by atoms with Gasteiger partial charge < -0.3 is 14.4 Å². The lowest BCUT2D eigenvalue weighted by molar-refractivity contribution is -0.536. The average molecular weight is 363 g/mol. The van der Waals surface area contributed by atoms with Crippen LogP contribution in [0.5, 0.6) is 0 Å². The van der Waals surface area contributed by atoms with Gasteiger partial charge in [-0.25, -0.2) is 4.89 Å². The van der Waals surface area contributed by atoms with Crippen LogP contribution in [-0.2, 0) is 24.0 Å². The molecule has 0 radical (unpaired) electrons. The van der Waals surface area contributed by atoms with Gasteiger partial charge in [-0.1, -0.05) is 0 Å². The second-order valence-electron chi connectivity index (χ2n) is 9.06. The molecule has 4 saturated carbocycles. The van der Waals surface area contributed by atoms with Gasteiger partial charge in [-0.15, -0.1) is 0 Å². The Morgan fingerprint density at radius 2 is 1.65 bits per heavy atom. The second kappa shape index (κ2) is 6.30. The minimum atomic E-state index is -0.720. The molecule has 6 fully saturated rings. The van der Waals surface area contributed by atoms with E-state index in [1.165, 1.54) is 32.1 Å². The van der Waals surface area contributed by atoms with Crippen molar-refractivity contribution in [2.75, 3.05) is 32.9 Å². The first kappa shape index (κ1) is 17.2. The molecule has 6 heteroatoms. The average Bonchev–Trinajstić information content (AvgIpc) is 2.66. The van der Waals surface area contributed by atoms with Gasteiger partial charge in [0.2, 0.25) is 11.7 Å². The van der Waals surface area contributed by atoms with Gasteiger partial charge in [0.15, 0.2) is 0 Å². The minimum absolute atomic E-state index is 0.00645. The van der Waals surface area contributed by atoms with Crippen molar-refractivity contribution in [3.8, 4) is 0 Å². The molecule has 2 aliphatic heterocycles. The third-order valence-electron chi connectivity index (χ3n) is 7.12. The number of morpholine rings is 1. The lowest BCUT2D eigenvalue weighted by atomic mass is 9.53. The summed E-state index contributed by atoms with van der Waals surface area (Å²) < 4.78 is 11.7. The van der Waals surface area contributed by atoms with E-state index >= 15 is 0 Å². The molecule has 0 aromatic rings. The zero-order valence-electron chi connectivity index (χ0n) is 15.5. The molecule has 1 atom stereocenters. The molecular weight excluding hydrogens is 334 g/mol. The molecule has 0 aromatic heterocycles. The number of amides is 1. The highest BCUT2D eigenvalue weighted by molar-refractivity contribution is 5.87. The molecule has 2 heterocycles. The first-order valence-electron chi connectivity index (χ1n) is 10.1. The van der Waals surface area contributed by atoms with Gasteiger partial charge in [0.05, 0.1) is 19.8 Å². The SMILES string of the molecule is CC1(/C=C/C(=O)N2CCOCC2)COC2(OO1)C1CC3CC(C1)CC2C3. The molecule has 6 nitrogen and oxygen atoms in total. The predicted octanol–water partition coefficient (Wildman–Crippen LogP) is 2.29. The number of ether oxygens (including phenoxy) is 2. The van der Waals surface area contributed by atoms with E-state index in [0.29, 0.717) is 44.7 Å². The molecule has 6 rings (SSSR count). The zero-order valence-corrected chi connectivity index (χ0v) is 15.5. The maximum Gasteiger partial charge on any atom is 0.246 e. The van der Waals surface area contributed by atoms with Crippen molar-refractivity contribution in [1.82, 2.24) is 4.90 Å². The first-order valence-corrected chi connectivity index (χ1v) is 10.1. The summed E-state index contributed by atoms with van der Waals surface area (Å²) in [4.78, 5) is 26.0. The van der Waals surface area contributed by atoms with Crippen LogP contribution in [0.25, 0.3) is 0 Å². The largest absolute Gasteiger partial charge is 0.378 e. The smallest absolute Gasteiger partial charge is 0.246 e. The summed E-state index contributed by atoms with van der Waals surface area (Å²) in [6, 6.07) is 0.